The normalized spacial score (nSPS) is 10.3. The first-order valence-electron chi connectivity index (χ1n) is 5.13. The molecule has 0 bridgehead atoms. The molecule has 0 amide bonds. The van der Waals surface area contributed by atoms with Crippen LogP contribution in [0.1, 0.15) is 5.56 Å². The molecule has 0 aliphatic carbocycles. The Kier molecular flexibility index (Phi) is 3.52. The van der Waals surface area contributed by atoms with Crippen LogP contribution in [0.4, 0.5) is 5.69 Å². The summed E-state index contributed by atoms with van der Waals surface area (Å²) in [7, 11) is 1.41. The van der Waals surface area contributed by atoms with Gasteiger partial charge in [-0.05, 0) is 11.6 Å². The Morgan fingerprint density at radius 1 is 1.56 bits per heavy atom. The summed E-state index contributed by atoms with van der Waals surface area (Å²) in [5.74, 6) is 0.250. The van der Waals surface area contributed by atoms with E-state index in [-0.39, 0.29) is 11.4 Å². The molecule has 94 valence electrons. The number of aromatic nitrogens is 2. The van der Waals surface area contributed by atoms with E-state index in [1.807, 2.05) is 0 Å². The summed E-state index contributed by atoms with van der Waals surface area (Å²) in [5.41, 5.74) is 0.742. The Morgan fingerprint density at radius 3 is 2.89 bits per heavy atom. The third kappa shape index (κ3) is 2.45. The summed E-state index contributed by atoms with van der Waals surface area (Å²) >= 11 is 4.18. The van der Waals surface area contributed by atoms with E-state index in [9.17, 15) is 10.1 Å². The third-order valence-electron chi connectivity index (χ3n) is 2.49. The molecule has 0 atom stereocenters. The Morgan fingerprint density at radius 2 is 2.33 bits per heavy atom. The van der Waals surface area contributed by atoms with E-state index in [0.717, 1.165) is 5.56 Å². The monoisotopic (exact) mass is 265 g/mol. The second-order valence-electron chi connectivity index (χ2n) is 3.62. The predicted molar refractivity (Wildman–Crippen MR) is 68.2 cm³/mol. The molecule has 1 aromatic heterocycles. The van der Waals surface area contributed by atoms with Crippen molar-refractivity contribution in [2.24, 2.45) is 0 Å². The molecule has 0 radical (unpaired) electrons. The molecule has 6 nitrogen and oxygen atoms in total. The molecule has 2 aromatic rings. The number of nitrogens with zero attached hydrogens (tertiary/aromatic N) is 3. The highest BCUT2D eigenvalue weighted by molar-refractivity contribution is 7.80. The maximum atomic E-state index is 10.9. The molecule has 0 saturated heterocycles. The van der Waals surface area contributed by atoms with E-state index in [4.69, 9.17) is 4.74 Å². The number of hydrogen-bond acceptors (Lipinski definition) is 5. The van der Waals surface area contributed by atoms with Gasteiger partial charge in [0.1, 0.15) is 0 Å². The number of nitro benzene ring substituents is 1. The SMILES string of the molecule is COc1ccc(Cn2ccnc2S)cc1[N+](=O)[O-]. The van der Waals surface area contributed by atoms with E-state index in [1.54, 1.807) is 29.1 Å². The van der Waals surface area contributed by atoms with E-state index >= 15 is 0 Å². The van der Waals surface area contributed by atoms with Crippen LogP contribution >= 0.6 is 12.6 Å². The summed E-state index contributed by atoms with van der Waals surface area (Å²) in [5, 5.41) is 11.5. The van der Waals surface area contributed by atoms with Gasteiger partial charge in [0, 0.05) is 25.0 Å². The number of hydrogen-bond donors (Lipinski definition) is 1. The predicted octanol–water partition coefficient (Wildman–Crippen LogP) is 2.14. The molecular formula is C11H11N3O3S. The number of methoxy groups -OCH3 is 1. The first-order chi connectivity index (χ1) is 8.61. The van der Waals surface area contributed by atoms with Gasteiger partial charge in [-0.15, -0.1) is 12.6 Å². The fourth-order valence-electron chi connectivity index (χ4n) is 1.62. The Labute approximate surface area is 109 Å². The van der Waals surface area contributed by atoms with Gasteiger partial charge >= 0.3 is 5.69 Å². The Bertz CT molecular complexity index is 583. The van der Waals surface area contributed by atoms with Crippen molar-refractivity contribution in [3.8, 4) is 5.75 Å². The smallest absolute Gasteiger partial charge is 0.311 e. The molecule has 18 heavy (non-hydrogen) atoms. The fourth-order valence-corrected chi connectivity index (χ4v) is 1.82. The molecule has 0 N–H and O–H groups in total. The van der Waals surface area contributed by atoms with Crippen molar-refractivity contribution in [3.05, 3.63) is 46.3 Å². The molecule has 0 spiro atoms. The standard InChI is InChI=1S/C11H11N3O3S/c1-17-10-3-2-8(6-9(10)14(15)16)7-13-5-4-12-11(13)18/h2-6H,7H2,1H3,(H,12,18). The maximum Gasteiger partial charge on any atom is 0.311 e. The average molecular weight is 265 g/mol. The highest BCUT2D eigenvalue weighted by Crippen LogP contribution is 2.27. The minimum Gasteiger partial charge on any atom is -0.490 e. The van der Waals surface area contributed by atoms with Gasteiger partial charge < -0.3 is 9.30 Å². The zero-order valence-corrected chi connectivity index (χ0v) is 10.5. The van der Waals surface area contributed by atoms with E-state index in [0.29, 0.717) is 11.7 Å². The number of imidazole rings is 1. The summed E-state index contributed by atoms with van der Waals surface area (Å²) in [6.45, 7) is 0.476. The van der Waals surface area contributed by atoms with Crippen molar-refractivity contribution in [2.75, 3.05) is 7.11 Å². The average Bonchev–Trinajstić information content (AvgIpc) is 2.75. The minimum absolute atomic E-state index is 0.0455. The zero-order valence-electron chi connectivity index (χ0n) is 9.61. The largest absolute Gasteiger partial charge is 0.490 e. The van der Waals surface area contributed by atoms with Crippen molar-refractivity contribution in [1.82, 2.24) is 9.55 Å². The molecular weight excluding hydrogens is 254 g/mol. The van der Waals surface area contributed by atoms with Crippen LogP contribution in [-0.2, 0) is 6.54 Å². The minimum atomic E-state index is -0.460. The molecule has 1 heterocycles. The van der Waals surface area contributed by atoms with Crippen LogP contribution in [0.2, 0.25) is 0 Å². The van der Waals surface area contributed by atoms with Gasteiger partial charge in [-0.3, -0.25) is 10.1 Å². The molecule has 2 rings (SSSR count). The van der Waals surface area contributed by atoms with Crippen molar-refractivity contribution >= 4 is 18.3 Å². The summed E-state index contributed by atoms with van der Waals surface area (Å²) in [6.07, 6.45) is 3.39. The van der Waals surface area contributed by atoms with Gasteiger partial charge in [0.25, 0.3) is 0 Å². The highest BCUT2D eigenvalue weighted by Gasteiger charge is 2.15. The fraction of sp³-hybridized carbons (Fsp3) is 0.182. The number of thiol groups is 1. The molecule has 0 saturated carbocycles. The van der Waals surface area contributed by atoms with Gasteiger partial charge in [0.15, 0.2) is 10.9 Å². The Hall–Kier alpha value is -2.02. The van der Waals surface area contributed by atoms with Crippen LogP contribution in [0.5, 0.6) is 5.75 Å². The second-order valence-corrected chi connectivity index (χ2v) is 4.02. The molecule has 1 aromatic carbocycles. The van der Waals surface area contributed by atoms with E-state index in [1.165, 1.54) is 13.2 Å². The quantitative estimate of drug-likeness (QED) is 0.522. The van der Waals surface area contributed by atoms with E-state index < -0.39 is 4.92 Å². The molecule has 0 unspecified atom stereocenters. The Balaban J connectivity index is 2.33. The van der Waals surface area contributed by atoms with Gasteiger partial charge in [0.05, 0.1) is 12.0 Å². The highest BCUT2D eigenvalue weighted by atomic mass is 32.1. The van der Waals surface area contributed by atoms with Gasteiger partial charge in [-0.25, -0.2) is 4.98 Å². The lowest BCUT2D eigenvalue weighted by atomic mass is 10.2. The van der Waals surface area contributed by atoms with Crippen LogP contribution in [0.15, 0.2) is 35.7 Å². The van der Waals surface area contributed by atoms with E-state index in [2.05, 4.69) is 17.6 Å². The number of nitro groups is 1. The first-order valence-corrected chi connectivity index (χ1v) is 5.58. The molecule has 7 heteroatoms. The second kappa shape index (κ2) is 5.09. The zero-order chi connectivity index (χ0) is 13.1. The summed E-state index contributed by atoms with van der Waals surface area (Å²) < 4.78 is 6.73. The maximum absolute atomic E-state index is 10.9. The van der Waals surface area contributed by atoms with Crippen molar-refractivity contribution < 1.29 is 9.66 Å². The number of benzene rings is 1. The number of rotatable bonds is 4. The topological polar surface area (TPSA) is 70.2 Å². The molecule has 0 aliphatic rings. The lowest BCUT2D eigenvalue weighted by molar-refractivity contribution is -0.385. The summed E-state index contributed by atoms with van der Waals surface area (Å²) in [4.78, 5) is 14.4. The third-order valence-corrected chi connectivity index (χ3v) is 2.86. The van der Waals surface area contributed by atoms with Gasteiger partial charge in [-0.2, -0.15) is 0 Å². The van der Waals surface area contributed by atoms with Crippen molar-refractivity contribution in [1.29, 1.82) is 0 Å². The van der Waals surface area contributed by atoms with Gasteiger partial charge in [-0.1, -0.05) is 6.07 Å². The first kappa shape index (κ1) is 12.4. The lowest BCUT2D eigenvalue weighted by Gasteiger charge is -2.06. The van der Waals surface area contributed by atoms with Crippen LogP contribution in [-0.4, -0.2) is 21.6 Å². The van der Waals surface area contributed by atoms with Crippen LogP contribution < -0.4 is 4.74 Å². The number of ether oxygens (including phenoxy) is 1. The van der Waals surface area contributed by atoms with Crippen LogP contribution in [0.3, 0.4) is 0 Å². The van der Waals surface area contributed by atoms with Crippen molar-refractivity contribution in [2.45, 2.75) is 11.7 Å². The summed E-state index contributed by atoms with van der Waals surface area (Å²) in [6, 6.07) is 4.85. The molecule has 0 fully saturated rings. The van der Waals surface area contributed by atoms with Crippen LogP contribution in [0.25, 0.3) is 0 Å². The lowest BCUT2D eigenvalue weighted by Crippen LogP contribution is -2.01. The van der Waals surface area contributed by atoms with Crippen molar-refractivity contribution in [3.63, 3.8) is 0 Å². The van der Waals surface area contributed by atoms with Crippen LogP contribution in [0, 0.1) is 10.1 Å². The molecule has 0 aliphatic heterocycles. The van der Waals surface area contributed by atoms with Gasteiger partial charge in [0.2, 0.25) is 0 Å².